The molecular formula is C20H23NO2. The topological polar surface area (TPSA) is 29.5 Å². The van der Waals surface area contributed by atoms with Gasteiger partial charge in [-0.15, -0.1) is 0 Å². The molecule has 0 saturated carbocycles. The molecule has 1 aliphatic rings. The number of nitrogens with zero attached hydrogens (tertiary/aromatic N) is 1. The van der Waals surface area contributed by atoms with Crippen molar-refractivity contribution in [3.8, 4) is 5.75 Å². The molecule has 3 heteroatoms. The van der Waals surface area contributed by atoms with Gasteiger partial charge in [-0.25, -0.2) is 0 Å². The Hall–Kier alpha value is -2.29. The van der Waals surface area contributed by atoms with Gasteiger partial charge in [0.05, 0.1) is 13.2 Å². The van der Waals surface area contributed by atoms with Crippen LogP contribution < -0.4 is 9.64 Å². The van der Waals surface area contributed by atoms with E-state index in [0.717, 1.165) is 43.5 Å². The van der Waals surface area contributed by atoms with Gasteiger partial charge < -0.3 is 14.4 Å². The van der Waals surface area contributed by atoms with Crippen LogP contribution in [0.4, 0.5) is 5.69 Å². The molecule has 0 bridgehead atoms. The number of anilines is 1. The van der Waals surface area contributed by atoms with Gasteiger partial charge >= 0.3 is 0 Å². The predicted octanol–water partition coefficient (Wildman–Crippen LogP) is 3.72. The number of methoxy groups -OCH3 is 1. The molecule has 3 rings (SSSR count). The highest BCUT2D eigenvalue weighted by Gasteiger charge is 2.38. The second kappa shape index (κ2) is 7.32. The third-order valence-electron chi connectivity index (χ3n) is 4.70. The number of rotatable bonds is 7. The summed E-state index contributed by atoms with van der Waals surface area (Å²) in [7, 11) is 1.66. The summed E-state index contributed by atoms with van der Waals surface area (Å²) in [5.74, 6) is 1.31. The maximum Gasteiger partial charge on any atom is 0.142 e. The van der Waals surface area contributed by atoms with E-state index in [1.54, 1.807) is 7.11 Å². The highest BCUT2D eigenvalue weighted by atomic mass is 16.5. The molecule has 0 N–H and O–H groups in total. The van der Waals surface area contributed by atoms with E-state index in [9.17, 15) is 4.79 Å². The van der Waals surface area contributed by atoms with Crippen molar-refractivity contribution in [3.63, 3.8) is 0 Å². The molecule has 0 spiro atoms. The van der Waals surface area contributed by atoms with Crippen molar-refractivity contribution in [2.75, 3.05) is 18.6 Å². The first-order valence-electron chi connectivity index (χ1n) is 8.21. The highest BCUT2D eigenvalue weighted by Crippen LogP contribution is 2.34. The van der Waals surface area contributed by atoms with Crippen molar-refractivity contribution < 1.29 is 9.53 Å². The summed E-state index contributed by atoms with van der Waals surface area (Å²) in [5, 5.41) is 0. The molecule has 2 unspecified atom stereocenters. The summed E-state index contributed by atoms with van der Waals surface area (Å²) in [6.45, 7) is 0.963. The van der Waals surface area contributed by atoms with Crippen LogP contribution in [0.5, 0.6) is 5.75 Å². The number of carbonyl (C=O) groups excluding carboxylic acids is 1. The maximum absolute atomic E-state index is 11.5. The fraction of sp³-hybridized carbons (Fsp3) is 0.350. The van der Waals surface area contributed by atoms with E-state index in [4.69, 9.17) is 4.74 Å². The first-order valence-corrected chi connectivity index (χ1v) is 8.21. The maximum atomic E-state index is 11.5. The summed E-state index contributed by atoms with van der Waals surface area (Å²) in [6.07, 6.45) is 4.42. The summed E-state index contributed by atoms with van der Waals surface area (Å²) >= 11 is 0. The van der Waals surface area contributed by atoms with Crippen LogP contribution in [0.15, 0.2) is 54.6 Å². The Bertz CT molecular complexity index is 624. The Morgan fingerprint density at radius 1 is 1.13 bits per heavy atom. The third kappa shape index (κ3) is 3.55. The molecule has 120 valence electrons. The standard InChI is InChI=1S/C20H23NO2/c1-23-19-12-10-18(11-13-19)21-14-17(20(21)15-22)9-5-8-16-6-3-2-4-7-16/h2-4,6-7,10-13,15,17,20H,5,8-9,14H2,1H3. The Morgan fingerprint density at radius 2 is 1.87 bits per heavy atom. The van der Waals surface area contributed by atoms with Crippen LogP contribution in [0, 0.1) is 5.92 Å². The largest absolute Gasteiger partial charge is 0.497 e. The smallest absolute Gasteiger partial charge is 0.142 e. The van der Waals surface area contributed by atoms with Gasteiger partial charge in [-0.3, -0.25) is 0 Å². The van der Waals surface area contributed by atoms with Crippen molar-refractivity contribution >= 4 is 12.0 Å². The number of ether oxygens (including phenoxy) is 1. The second-order valence-corrected chi connectivity index (χ2v) is 6.11. The van der Waals surface area contributed by atoms with Crippen LogP contribution in [0.3, 0.4) is 0 Å². The zero-order chi connectivity index (χ0) is 16.1. The van der Waals surface area contributed by atoms with Crippen LogP contribution in [-0.2, 0) is 11.2 Å². The molecule has 1 fully saturated rings. The molecule has 2 atom stereocenters. The van der Waals surface area contributed by atoms with Gasteiger partial charge in [0, 0.05) is 18.2 Å². The molecule has 1 saturated heterocycles. The molecule has 0 aliphatic carbocycles. The van der Waals surface area contributed by atoms with Gasteiger partial charge in [0.1, 0.15) is 12.0 Å². The van der Waals surface area contributed by atoms with Crippen LogP contribution in [0.25, 0.3) is 0 Å². The quantitative estimate of drug-likeness (QED) is 0.730. The van der Waals surface area contributed by atoms with E-state index in [1.165, 1.54) is 5.56 Å². The Balaban J connectivity index is 1.52. The molecule has 3 nitrogen and oxygen atoms in total. The van der Waals surface area contributed by atoms with Gasteiger partial charge in [0.2, 0.25) is 0 Å². The lowest BCUT2D eigenvalue weighted by Crippen LogP contribution is -2.57. The summed E-state index contributed by atoms with van der Waals surface area (Å²) in [6, 6.07) is 18.5. The zero-order valence-electron chi connectivity index (χ0n) is 13.5. The minimum atomic E-state index is 0.0131. The summed E-state index contributed by atoms with van der Waals surface area (Å²) in [5.41, 5.74) is 2.48. The van der Waals surface area contributed by atoms with Crippen LogP contribution in [-0.4, -0.2) is 26.0 Å². The molecule has 1 aliphatic heterocycles. The first kappa shape index (κ1) is 15.6. The van der Waals surface area contributed by atoms with Gasteiger partial charge in [0.15, 0.2) is 0 Å². The van der Waals surface area contributed by atoms with E-state index in [-0.39, 0.29) is 6.04 Å². The Morgan fingerprint density at radius 3 is 2.52 bits per heavy atom. The lowest BCUT2D eigenvalue weighted by Gasteiger charge is -2.47. The Labute approximate surface area is 137 Å². The average Bonchev–Trinajstić information content (AvgIpc) is 2.59. The van der Waals surface area contributed by atoms with Crippen LogP contribution in [0.2, 0.25) is 0 Å². The molecule has 2 aromatic rings. The molecular weight excluding hydrogens is 286 g/mol. The first-order chi connectivity index (χ1) is 11.3. The second-order valence-electron chi connectivity index (χ2n) is 6.11. The number of hydrogen-bond donors (Lipinski definition) is 0. The molecule has 0 aromatic heterocycles. The zero-order valence-corrected chi connectivity index (χ0v) is 13.5. The van der Waals surface area contributed by atoms with E-state index in [0.29, 0.717) is 5.92 Å². The minimum Gasteiger partial charge on any atom is -0.497 e. The van der Waals surface area contributed by atoms with Crippen molar-refractivity contribution in [1.29, 1.82) is 0 Å². The van der Waals surface area contributed by atoms with Crippen LogP contribution >= 0.6 is 0 Å². The molecule has 23 heavy (non-hydrogen) atoms. The SMILES string of the molecule is COc1ccc(N2CC(CCCc3ccccc3)C2C=O)cc1. The summed E-state index contributed by atoms with van der Waals surface area (Å²) < 4.78 is 5.18. The van der Waals surface area contributed by atoms with Crippen molar-refractivity contribution in [3.05, 3.63) is 60.2 Å². The number of carbonyl (C=O) groups is 1. The van der Waals surface area contributed by atoms with Gasteiger partial charge in [-0.05, 0) is 49.1 Å². The normalized spacial score (nSPS) is 20.0. The van der Waals surface area contributed by atoms with E-state index in [2.05, 4.69) is 29.2 Å². The monoisotopic (exact) mass is 309 g/mol. The van der Waals surface area contributed by atoms with Gasteiger partial charge in [-0.2, -0.15) is 0 Å². The van der Waals surface area contributed by atoms with Crippen LogP contribution in [0.1, 0.15) is 18.4 Å². The number of aryl methyl sites for hydroxylation is 1. The fourth-order valence-corrected chi connectivity index (χ4v) is 3.31. The third-order valence-corrected chi connectivity index (χ3v) is 4.70. The minimum absolute atomic E-state index is 0.0131. The number of benzene rings is 2. The molecule has 0 radical (unpaired) electrons. The van der Waals surface area contributed by atoms with E-state index in [1.807, 2.05) is 30.3 Å². The summed E-state index contributed by atoms with van der Waals surface area (Å²) in [4.78, 5) is 13.7. The fourth-order valence-electron chi connectivity index (χ4n) is 3.31. The average molecular weight is 309 g/mol. The molecule has 2 aromatic carbocycles. The highest BCUT2D eigenvalue weighted by molar-refractivity contribution is 5.70. The Kier molecular flexibility index (Phi) is 4.96. The molecule has 0 amide bonds. The van der Waals surface area contributed by atoms with Crippen molar-refractivity contribution in [2.45, 2.75) is 25.3 Å². The number of aldehydes is 1. The van der Waals surface area contributed by atoms with E-state index >= 15 is 0 Å². The molecule has 1 heterocycles. The lowest BCUT2D eigenvalue weighted by molar-refractivity contribution is -0.111. The van der Waals surface area contributed by atoms with E-state index < -0.39 is 0 Å². The van der Waals surface area contributed by atoms with Gasteiger partial charge in [0.25, 0.3) is 0 Å². The lowest BCUT2D eigenvalue weighted by atomic mass is 9.84. The number of hydrogen-bond acceptors (Lipinski definition) is 3. The van der Waals surface area contributed by atoms with Gasteiger partial charge in [-0.1, -0.05) is 30.3 Å². The van der Waals surface area contributed by atoms with Crippen molar-refractivity contribution in [2.24, 2.45) is 5.92 Å². The van der Waals surface area contributed by atoms with Crippen molar-refractivity contribution in [1.82, 2.24) is 0 Å². The predicted molar refractivity (Wildman–Crippen MR) is 93.1 cm³/mol.